The van der Waals surface area contributed by atoms with Crippen LogP contribution in [0.2, 0.25) is 0 Å². The minimum Gasteiger partial charge on any atom is -0.341 e. The fraction of sp³-hybridized carbons (Fsp3) is 0.333. The zero-order chi connectivity index (χ0) is 15.8. The van der Waals surface area contributed by atoms with Crippen molar-refractivity contribution in [3.8, 4) is 0 Å². The molecule has 1 fully saturated rings. The van der Waals surface area contributed by atoms with Gasteiger partial charge in [0, 0.05) is 22.9 Å². The zero-order valence-corrected chi connectivity index (χ0v) is 14.8. The summed E-state index contributed by atoms with van der Waals surface area (Å²) < 4.78 is 0. The van der Waals surface area contributed by atoms with Gasteiger partial charge in [-0.15, -0.1) is 11.8 Å². The molecule has 0 unspecified atom stereocenters. The van der Waals surface area contributed by atoms with Crippen LogP contribution in [0, 0.1) is 0 Å². The Kier molecular flexibility index (Phi) is 4.07. The monoisotopic (exact) mass is 341 g/mol. The van der Waals surface area contributed by atoms with Crippen molar-refractivity contribution in [2.24, 2.45) is 4.99 Å². The third-order valence-corrected chi connectivity index (χ3v) is 6.18. The van der Waals surface area contributed by atoms with E-state index in [1.54, 1.807) is 11.8 Å². The van der Waals surface area contributed by atoms with Crippen LogP contribution >= 0.6 is 23.5 Å². The standard InChI is InChI=1S/C18H19N3S2/c1-12-11-21-17(13-6-8-14(22-2)9-7-13)16(20-18(21)23-12)15-5-3-4-10-19-15/h3-10,12,16-17H,11H2,1-2H3/t12-,16+,17-/m0/s1. The third-order valence-electron chi connectivity index (χ3n) is 4.34. The molecule has 0 aliphatic carbocycles. The van der Waals surface area contributed by atoms with Crippen LogP contribution in [0.3, 0.4) is 0 Å². The first-order chi connectivity index (χ1) is 11.3. The maximum atomic E-state index is 5.01. The predicted molar refractivity (Wildman–Crippen MR) is 99.1 cm³/mol. The minimum atomic E-state index is 0.0892. The van der Waals surface area contributed by atoms with Crippen LogP contribution < -0.4 is 0 Å². The molecule has 23 heavy (non-hydrogen) atoms. The summed E-state index contributed by atoms with van der Waals surface area (Å²) in [4.78, 5) is 13.3. The van der Waals surface area contributed by atoms with E-state index in [1.807, 2.05) is 24.0 Å². The van der Waals surface area contributed by atoms with Crippen LogP contribution in [-0.2, 0) is 0 Å². The summed E-state index contributed by atoms with van der Waals surface area (Å²) in [5.41, 5.74) is 2.38. The molecule has 3 atom stereocenters. The molecule has 1 aromatic heterocycles. The van der Waals surface area contributed by atoms with Crippen molar-refractivity contribution < 1.29 is 0 Å². The van der Waals surface area contributed by atoms with E-state index < -0.39 is 0 Å². The number of amidine groups is 1. The molecule has 0 amide bonds. The van der Waals surface area contributed by atoms with Gasteiger partial charge in [-0.05, 0) is 36.1 Å². The molecule has 2 aromatic rings. The molecule has 118 valence electrons. The molecule has 5 heteroatoms. The Morgan fingerprint density at radius 3 is 2.70 bits per heavy atom. The Morgan fingerprint density at radius 1 is 1.17 bits per heavy atom. The lowest BCUT2D eigenvalue weighted by molar-refractivity contribution is 0.321. The van der Waals surface area contributed by atoms with E-state index in [0.717, 1.165) is 12.2 Å². The average molecular weight is 342 g/mol. The third kappa shape index (κ3) is 2.76. The number of benzene rings is 1. The summed E-state index contributed by atoms with van der Waals surface area (Å²) >= 11 is 3.66. The number of fused-ring (bicyclic) bond motifs is 1. The van der Waals surface area contributed by atoms with E-state index >= 15 is 0 Å². The van der Waals surface area contributed by atoms with E-state index in [4.69, 9.17) is 4.99 Å². The van der Waals surface area contributed by atoms with Gasteiger partial charge in [-0.1, -0.05) is 36.9 Å². The zero-order valence-electron chi connectivity index (χ0n) is 13.2. The largest absolute Gasteiger partial charge is 0.341 e. The summed E-state index contributed by atoms with van der Waals surface area (Å²) in [7, 11) is 0. The lowest BCUT2D eigenvalue weighted by atomic mass is 9.96. The highest BCUT2D eigenvalue weighted by Crippen LogP contribution is 2.47. The van der Waals surface area contributed by atoms with Crippen molar-refractivity contribution in [1.29, 1.82) is 0 Å². The highest BCUT2D eigenvalue weighted by molar-refractivity contribution is 8.14. The molecular formula is C18H19N3S2. The fourth-order valence-corrected chi connectivity index (χ4v) is 4.78. The molecule has 3 heterocycles. The Labute approximate surface area is 145 Å². The molecule has 4 rings (SSSR count). The van der Waals surface area contributed by atoms with Gasteiger partial charge in [-0.25, -0.2) is 0 Å². The van der Waals surface area contributed by atoms with Gasteiger partial charge in [-0.2, -0.15) is 0 Å². The molecule has 0 radical (unpaired) electrons. The molecule has 0 saturated carbocycles. The second-order valence-corrected chi connectivity index (χ2v) is 8.20. The van der Waals surface area contributed by atoms with E-state index in [9.17, 15) is 0 Å². The number of rotatable bonds is 3. The van der Waals surface area contributed by atoms with Gasteiger partial charge < -0.3 is 4.90 Å². The number of aromatic nitrogens is 1. The van der Waals surface area contributed by atoms with E-state index in [1.165, 1.54) is 15.6 Å². The molecule has 2 aliphatic heterocycles. The van der Waals surface area contributed by atoms with Crippen LogP contribution in [0.25, 0.3) is 0 Å². The minimum absolute atomic E-state index is 0.0892. The second-order valence-electron chi connectivity index (χ2n) is 5.91. The smallest absolute Gasteiger partial charge is 0.160 e. The molecule has 1 aromatic carbocycles. The topological polar surface area (TPSA) is 28.5 Å². The molecule has 3 nitrogen and oxygen atoms in total. The fourth-order valence-electron chi connectivity index (χ4n) is 3.28. The summed E-state index contributed by atoms with van der Waals surface area (Å²) in [5, 5.41) is 1.78. The van der Waals surface area contributed by atoms with Crippen molar-refractivity contribution in [2.45, 2.75) is 29.2 Å². The molecular weight excluding hydrogens is 322 g/mol. The number of hydrogen-bond donors (Lipinski definition) is 0. The lowest BCUT2D eigenvalue weighted by Gasteiger charge is -2.27. The summed E-state index contributed by atoms with van der Waals surface area (Å²) in [5.74, 6) is 0. The van der Waals surface area contributed by atoms with Crippen LogP contribution in [-0.4, -0.2) is 33.1 Å². The maximum Gasteiger partial charge on any atom is 0.160 e. The van der Waals surface area contributed by atoms with Gasteiger partial charge in [0.2, 0.25) is 0 Å². The SMILES string of the molecule is CSc1ccc([C@H]2[C@@H](c3ccccn3)N=C3S[C@@H](C)CN32)cc1. The highest BCUT2D eigenvalue weighted by atomic mass is 32.2. The van der Waals surface area contributed by atoms with Crippen molar-refractivity contribution in [1.82, 2.24) is 9.88 Å². The maximum absolute atomic E-state index is 5.01. The van der Waals surface area contributed by atoms with E-state index in [2.05, 4.69) is 59.5 Å². The Balaban J connectivity index is 1.74. The highest BCUT2D eigenvalue weighted by Gasteiger charge is 2.43. The Hall–Kier alpha value is -1.46. The van der Waals surface area contributed by atoms with Crippen molar-refractivity contribution >= 4 is 28.7 Å². The van der Waals surface area contributed by atoms with Crippen molar-refractivity contribution in [2.75, 3.05) is 12.8 Å². The van der Waals surface area contributed by atoms with E-state index in [0.29, 0.717) is 5.25 Å². The quantitative estimate of drug-likeness (QED) is 0.774. The van der Waals surface area contributed by atoms with Crippen LogP contribution in [0.4, 0.5) is 0 Å². The van der Waals surface area contributed by atoms with Gasteiger partial charge >= 0.3 is 0 Å². The van der Waals surface area contributed by atoms with Crippen molar-refractivity contribution in [3.63, 3.8) is 0 Å². The summed E-state index contributed by atoms with van der Waals surface area (Å²) in [6, 6.07) is 15.4. The molecule has 0 spiro atoms. The molecule has 2 aliphatic rings. The first-order valence-electron chi connectivity index (χ1n) is 7.82. The second kappa shape index (κ2) is 6.21. The van der Waals surface area contributed by atoms with Crippen LogP contribution in [0.5, 0.6) is 0 Å². The van der Waals surface area contributed by atoms with Gasteiger partial charge in [0.15, 0.2) is 5.17 Å². The normalized spacial score (nSPS) is 26.3. The number of nitrogens with zero attached hydrogens (tertiary/aromatic N) is 3. The van der Waals surface area contributed by atoms with Crippen molar-refractivity contribution in [3.05, 3.63) is 59.9 Å². The van der Waals surface area contributed by atoms with Crippen LogP contribution in [0.15, 0.2) is 58.5 Å². The molecule has 0 bridgehead atoms. The molecule has 1 saturated heterocycles. The predicted octanol–water partition coefficient (Wildman–Crippen LogP) is 4.39. The van der Waals surface area contributed by atoms with Gasteiger partial charge in [0.25, 0.3) is 0 Å². The summed E-state index contributed by atoms with van der Waals surface area (Å²) in [6.45, 7) is 3.33. The number of thioether (sulfide) groups is 2. The van der Waals surface area contributed by atoms with Gasteiger partial charge in [-0.3, -0.25) is 9.98 Å². The van der Waals surface area contributed by atoms with Crippen LogP contribution in [0.1, 0.15) is 30.3 Å². The first-order valence-corrected chi connectivity index (χ1v) is 9.92. The number of pyridine rings is 1. The number of aliphatic imine (C=N–C) groups is 1. The summed E-state index contributed by atoms with van der Waals surface area (Å²) in [6.07, 6.45) is 3.98. The van der Waals surface area contributed by atoms with E-state index in [-0.39, 0.29) is 12.1 Å². The average Bonchev–Trinajstić information content (AvgIpc) is 3.11. The van der Waals surface area contributed by atoms with Gasteiger partial charge in [0.05, 0.1) is 11.7 Å². The Bertz CT molecular complexity index is 715. The van der Waals surface area contributed by atoms with Gasteiger partial charge in [0.1, 0.15) is 6.04 Å². The lowest BCUT2D eigenvalue weighted by Crippen LogP contribution is -2.28. The number of hydrogen-bond acceptors (Lipinski definition) is 5. The Morgan fingerprint density at radius 2 is 2.00 bits per heavy atom. The molecule has 0 N–H and O–H groups in total. The first kappa shape index (κ1) is 15.1.